The van der Waals surface area contributed by atoms with Gasteiger partial charge in [-0.25, -0.2) is 4.79 Å². The highest BCUT2D eigenvalue weighted by molar-refractivity contribution is 6.35. The number of anilines is 1. The van der Waals surface area contributed by atoms with E-state index in [4.69, 9.17) is 34.8 Å². The van der Waals surface area contributed by atoms with Crippen LogP contribution in [0.4, 0.5) is 10.5 Å². The van der Waals surface area contributed by atoms with Crippen molar-refractivity contribution in [3.8, 4) is 0 Å². The fraction of sp³-hybridized carbons (Fsp3) is 0.188. The molecule has 1 unspecified atom stereocenters. The molecule has 3 nitrogen and oxygen atoms in total. The third kappa shape index (κ3) is 4.29. The van der Waals surface area contributed by atoms with Crippen molar-refractivity contribution in [3.05, 3.63) is 62.6 Å². The molecule has 0 aliphatic carbocycles. The summed E-state index contributed by atoms with van der Waals surface area (Å²) < 4.78 is 0. The Kier molecular flexibility index (Phi) is 5.57. The monoisotopic (exact) mass is 356 g/mol. The topological polar surface area (TPSA) is 41.1 Å². The Morgan fingerprint density at radius 3 is 2.41 bits per heavy atom. The van der Waals surface area contributed by atoms with Crippen LogP contribution in [0.25, 0.3) is 0 Å². The van der Waals surface area contributed by atoms with E-state index in [0.29, 0.717) is 20.8 Å². The minimum atomic E-state index is -0.357. The molecule has 6 heteroatoms. The average Bonchev–Trinajstić information content (AvgIpc) is 2.41. The Labute approximate surface area is 144 Å². The summed E-state index contributed by atoms with van der Waals surface area (Å²) in [5, 5.41) is 7.08. The van der Waals surface area contributed by atoms with Crippen LogP contribution in [0, 0.1) is 6.92 Å². The molecule has 0 aliphatic heterocycles. The van der Waals surface area contributed by atoms with Crippen molar-refractivity contribution >= 4 is 46.5 Å². The molecule has 2 amide bonds. The highest BCUT2D eigenvalue weighted by atomic mass is 35.5. The van der Waals surface area contributed by atoms with Crippen molar-refractivity contribution in [2.75, 3.05) is 5.32 Å². The van der Waals surface area contributed by atoms with Gasteiger partial charge < -0.3 is 10.6 Å². The highest BCUT2D eigenvalue weighted by Crippen LogP contribution is 2.26. The van der Waals surface area contributed by atoms with E-state index in [9.17, 15) is 4.79 Å². The Bertz CT molecular complexity index is 704. The molecule has 0 bridgehead atoms. The van der Waals surface area contributed by atoms with Gasteiger partial charge in [-0.1, -0.05) is 46.9 Å². The summed E-state index contributed by atoms with van der Waals surface area (Å²) in [6, 6.07) is 9.96. The quantitative estimate of drug-likeness (QED) is 0.712. The first-order valence-electron chi connectivity index (χ1n) is 6.65. The fourth-order valence-electron chi connectivity index (χ4n) is 2.01. The van der Waals surface area contributed by atoms with Gasteiger partial charge in [-0.15, -0.1) is 0 Å². The molecule has 2 rings (SSSR count). The second kappa shape index (κ2) is 7.23. The van der Waals surface area contributed by atoms with E-state index in [1.165, 1.54) is 0 Å². The molecular formula is C16H15Cl3N2O. The van der Waals surface area contributed by atoms with Gasteiger partial charge in [-0.3, -0.25) is 0 Å². The van der Waals surface area contributed by atoms with Crippen LogP contribution in [0.15, 0.2) is 36.4 Å². The van der Waals surface area contributed by atoms with Crippen molar-refractivity contribution in [2.45, 2.75) is 19.9 Å². The molecule has 2 aromatic carbocycles. The maximum absolute atomic E-state index is 12.1. The maximum Gasteiger partial charge on any atom is 0.319 e. The van der Waals surface area contributed by atoms with Crippen molar-refractivity contribution in [2.24, 2.45) is 0 Å². The van der Waals surface area contributed by atoms with E-state index in [-0.39, 0.29) is 12.1 Å². The van der Waals surface area contributed by atoms with Crippen molar-refractivity contribution in [1.82, 2.24) is 5.32 Å². The lowest BCUT2D eigenvalue weighted by Crippen LogP contribution is -2.31. The normalized spacial score (nSPS) is 11.9. The lowest BCUT2D eigenvalue weighted by molar-refractivity contribution is 0.249. The summed E-state index contributed by atoms with van der Waals surface area (Å²) in [6.07, 6.45) is 0. The van der Waals surface area contributed by atoms with E-state index in [1.54, 1.807) is 30.3 Å². The largest absolute Gasteiger partial charge is 0.331 e. The zero-order valence-electron chi connectivity index (χ0n) is 12.1. The van der Waals surface area contributed by atoms with Crippen LogP contribution >= 0.6 is 34.8 Å². The van der Waals surface area contributed by atoms with Gasteiger partial charge in [0.15, 0.2) is 0 Å². The molecule has 1 atom stereocenters. The van der Waals surface area contributed by atoms with Crippen molar-refractivity contribution in [1.29, 1.82) is 0 Å². The molecule has 0 spiro atoms. The number of nitrogens with one attached hydrogen (secondary N) is 2. The predicted molar refractivity (Wildman–Crippen MR) is 93.2 cm³/mol. The number of urea groups is 1. The number of rotatable bonds is 3. The van der Waals surface area contributed by atoms with Gasteiger partial charge in [0, 0.05) is 10.0 Å². The van der Waals surface area contributed by atoms with Gasteiger partial charge in [0.05, 0.1) is 16.8 Å². The van der Waals surface area contributed by atoms with Gasteiger partial charge in [0.25, 0.3) is 0 Å². The van der Waals surface area contributed by atoms with Gasteiger partial charge in [0.1, 0.15) is 0 Å². The molecule has 0 fully saturated rings. The first kappa shape index (κ1) is 16.9. The van der Waals surface area contributed by atoms with E-state index in [2.05, 4.69) is 10.6 Å². The van der Waals surface area contributed by atoms with E-state index >= 15 is 0 Å². The smallest absolute Gasteiger partial charge is 0.319 e. The van der Waals surface area contributed by atoms with Crippen LogP contribution in [0.2, 0.25) is 15.1 Å². The summed E-state index contributed by atoms with van der Waals surface area (Å²) in [4.78, 5) is 12.1. The van der Waals surface area contributed by atoms with Gasteiger partial charge in [-0.2, -0.15) is 0 Å². The summed E-state index contributed by atoms with van der Waals surface area (Å²) >= 11 is 18.1. The lowest BCUT2D eigenvalue weighted by Gasteiger charge is -2.17. The summed E-state index contributed by atoms with van der Waals surface area (Å²) in [5.41, 5.74) is 2.37. The molecule has 116 valence electrons. The van der Waals surface area contributed by atoms with E-state index < -0.39 is 0 Å². The number of amides is 2. The second-order valence-corrected chi connectivity index (χ2v) is 6.22. The second-order valence-electron chi connectivity index (χ2n) is 4.97. The average molecular weight is 358 g/mol. The summed E-state index contributed by atoms with van der Waals surface area (Å²) in [6.45, 7) is 3.77. The molecule has 22 heavy (non-hydrogen) atoms. The predicted octanol–water partition coefficient (Wildman–Crippen LogP) is 5.84. The van der Waals surface area contributed by atoms with Gasteiger partial charge in [-0.05, 0) is 49.2 Å². The van der Waals surface area contributed by atoms with Crippen molar-refractivity contribution < 1.29 is 4.79 Å². The number of aryl methyl sites for hydroxylation is 1. The van der Waals surface area contributed by atoms with Crippen LogP contribution in [0.5, 0.6) is 0 Å². The Hall–Kier alpha value is -1.42. The maximum atomic E-state index is 12.1. The third-order valence-electron chi connectivity index (χ3n) is 3.15. The number of carbonyl (C=O) groups excluding carboxylic acids is 1. The Morgan fingerprint density at radius 2 is 1.77 bits per heavy atom. The van der Waals surface area contributed by atoms with E-state index in [0.717, 1.165) is 11.1 Å². The number of hydrogen-bond donors (Lipinski definition) is 2. The fourth-order valence-corrected chi connectivity index (χ4v) is 2.86. The molecule has 0 saturated heterocycles. The van der Waals surface area contributed by atoms with Crippen LogP contribution in [0.3, 0.4) is 0 Å². The molecule has 0 aromatic heterocycles. The SMILES string of the molecule is Cc1ccc(NC(=O)NC(C)c2ccc(Cl)cc2Cl)c(Cl)c1. The molecule has 0 aliphatic rings. The minimum Gasteiger partial charge on any atom is -0.331 e. The molecular weight excluding hydrogens is 343 g/mol. The third-order valence-corrected chi connectivity index (χ3v) is 4.02. The number of hydrogen-bond acceptors (Lipinski definition) is 1. The minimum absolute atomic E-state index is 0.269. The molecule has 0 radical (unpaired) electrons. The van der Waals surface area contributed by atoms with Crippen LogP contribution < -0.4 is 10.6 Å². The highest BCUT2D eigenvalue weighted by Gasteiger charge is 2.13. The van der Waals surface area contributed by atoms with Gasteiger partial charge in [0.2, 0.25) is 0 Å². The van der Waals surface area contributed by atoms with E-state index in [1.807, 2.05) is 19.9 Å². The van der Waals surface area contributed by atoms with Crippen LogP contribution in [0.1, 0.15) is 24.1 Å². The molecule has 2 N–H and O–H groups in total. The standard InChI is InChI=1S/C16H15Cl3N2O/c1-9-3-6-15(14(19)7-9)21-16(22)20-10(2)12-5-4-11(17)8-13(12)18/h3-8,10H,1-2H3,(H2,20,21,22). The summed E-state index contributed by atoms with van der Waals surface area (Å²) in [7, 11) is 0. The lowest BCUT2D eigenvalue weighted by atomic mass is 10.1. The Morgan fingerprint density at radius 1 is 1.05 bits per heavy atom. The summed E-state index contributed by atoms with van der Waals surface area (Å²) in [5.74, 6) is 0. The Balaban J connectivity index is 2.05. The number of halogens is 3. The van der Waals surface area contributed by atoms with Crippen LogP contribution in [-0.4, -0.2) is 6.03 Å². The van der Waals surface area contributed by atoms with Crippen LogP contribution in [-0.2, 0) is 0 Å². The van der Waals surface area contributed by atoms with Gasteiger partial charge >= 0.3 is 6.03 Å². The number of benzene rings is 2. The zero-order valence-corrected chi connectivity index (χ0v) is 14.4. The molecule has 0 saturated carbocycles. The molecule has 0 heterocycles. The molecule has 2 aromatic rings. The zero-order chi connectivity index (χ0) is 16.3. The first-order chi connectivity index (χ1) is 10.4. The first-order valence-corrected chi connectivity index (χ1v) is 7.79. The number of carbonyl (C=O) groups is 1. The van der Waals surface area contributed by atoms with Crippen molar-refractivity contribution in [3.63, 3.8) is 0 Å².